The largest absolute Gasteiger partial charge is 0.416 e. The van der Waals surface area contributed by atoms with Gasteiger partial charge in [0.15, 0.2) is 0 Å². The Kier molecular flexibility index (Phi) is 7.59. The van der Waals surface area contributed by atoms with Crippen molar-refractivity contribution in [3.05, 3.63) is 41.0 Å². The molecule has 2 rings (SSSR count). The van der Waals surface area contributed by atoms with Crippen molar-refractivity contribution in [2.24, 2.45) is 0 Å². The van der Waals surface area contributed by atoms with Crippen molar-refractivity contribution < 1.29 is 26.3 Å². The maximum absolute atomic E-state index is 13.4. The molecule has 0 saturated carbocycles. The highest BCUT2D eigenvalue weighted by Crippen LogP contribution is 2.47. The molecular weight excluding hydrogens is 380 g/mol. The minimum Gasteiger partial charge on any atom is -0.296 e. The van der Waals surface area contributed by atoms with E-state index < -0.39 is 29.5 Å². The molecule has 1 atom stereocenters. The number of benzene rings is 1. The van der Waals surface area contributed by atoms with Gasteiger partial charge in [-0.1, -0.05) is 57.6 Å². The Bertz CT molecular complexity index is 674. The number of likely N-dealkylation sites (N-methyl/N-ethyl adjacent to an activating group) is 1. The van der Waals surface area contributed by atoms with Gasteiger partial charge in [-0.2, -0.15) is 26.3 Å². The van der Waals surface area contributed by atoms with Crippen LogP contribution < -0.4 is 0 Å². The number of halogens is 6. The smallest absolute Gasteiger partial charge is 0.296 e. The molecule has 0 fully saturated rings. The summed E-state index contributed by atoms with van der Waals surface area (Å²) in [5, 5.41) is 0. The molecule has 0 spiro atoms. The van der Waals surface area contributed by atoms with Gasteiger partial charge in [0.1, 0.15) is 0 Å². The van der Waals surface area contributed by atoms with E-state index in [9.17, 15) is 26.3 Å². The lowest BCUT2D eigenvalue weighted by atomic mass is 10.00. The fourth-order valence-corrected chi connectivity index (χ4v) is 3.63. The van der Waals surface area contributed by atoms with Gasteiger partial charge in [0.25, 0.3) is 0 Å². The number of fused-ring (bicyclic) bond motifs is 1. The monoisotopic (exact) mass is 407 g/mol. The molecule has 0 amide bonds. The van der Waals surface area contributed by atoms with Gasteiger partial charge in [-0.05, 0) is 43.3 Å². The molecule has 28 heavy (non-hydrogen) atoms. The molecule has 158 valence electrons. The topological polar surface area (TPSA) is 3.24 Å². The van der Waals surface area contributed by atoms with Crippen molar-refractivity contribution in [2.75, 3.05) is 13.6 Å². The molecule has 1 aromatic rings. The molecule has 0 aliphatic heterocycles. The summed E-state index contributed by atoms with van der Waals surface area (Å²) in [6.45, 7) is 2.75. The highest BCUT2D eigenvalue weighted by Gasteiger charge is 2.43. The van der Waals surface area contributed by atoms with Gasteiger partial charge in [-0.3, -0.25) is 4.90 Å². The van der Waals surface area contributed by atoms with E-state index in [1.807, 2.05) is 0 Å². The molecule has 7 heteroatoms. The van der Waals surface area contributed by atoms with E-state index in [4.69, 9.17) is 0 Å². The number of alkyl halides is 6. The first-order valence-corrected chi connectivity index (χ1v) is 9.76. The van der Waals surface area contributed by atoms with Gasteiger partial charge in [0.05, 0.1) is 17.2 Å². The van der Waals surface area contributed by atoms with Crippen molar-refractivity contribution in [1.82, 2.24) is 4.90 Å². The van der Waals surface area contributed by atoms with Crippen LogP contribution in [0.1, 0.15) is 74.6 Å². The van der Waals surface area contributed by atoms with Crippen LogP contribution in [-0.4, -0.2) is 24.7 Å². The molecule has 1 nitrogen and oxygen atoms in total. The van der Waals surface area contributed by atoms with E-state index in [2.05, 4.69) is 6.92 Å². The van der Waals surface area contributed by atoms with Crippen LogP contribution in [0.3, 0.4) is 0 Å². The number of hydrogen-bond acceptors (Lipinski definition) is 1. The zero-order valence-electron chi connectivity index (χ0n) is 16.3. The number of unbranched alkanes of at least 4 members (excludes halogenated alkanes) is 6. The molecule has 0 N–H and O–H groups in total. The summed E-state index contributed by atoms with van der Waals surface area (Å²) in [5.74, 6) is 0. The van der Waals surface area contributed by atoms with Crippen LogP contribution in [0.25, 0.3) is 5.57 Å². The summed E-state index contributed by atoms with van der Waals surface area (Å²) in [5.41, 5.74) is -2.12. The van der Waals surface area contributed by atoms with Crippen molar-refractivity contribution in [1.29, 1.82) is 0 Å². The predicted octanol–water partition coefficient (Wildman–Crippen LogP) is 7.39. The summed E-state index contributed by atoms with van der Waals surface area (Å²) < 4.78 is 79.0. The minimum atomic E-state index is -4.69. The molecule has 0 aromatic heterocycles. The first-order chi connectivity index (χ1) is 13.1. The lowest BCUT2D eigenvalue weighted by Gasteiger charge is -2.24. The number of nitrogens with zero attached hydrogens (tertiary/aromatic N) is 1. The molecule has 0 radical (unpaired) electrons. The van der Waals surface area contributed by atoms with Crippen LogP contribution in [0.4, 0.5) is 26.3 Å². The summed E-state index contributed by atoms with van der Waals surface area (Å²) in [4.78, 5) is 1.79. The van der Waals surface area contributed by atoms with Gasteiger partial charge in [0.2, 0.25) is 0 Å². The summed E-state index contributed by atoms with van der Waals surface area (Å²) >= 11 is 0. The Balaban J connectivity index is 2.08. The second-order valence-electron chi connectivity index (χ2n) is 7.42. The second kappa shape index (κ2) is 9.33. The van der Waals surface area contributed by atoms with E-state index in [-0.39, 0.29) is 11.1 Å². The Morgan fingerprint density at radius 3 is 2.04 bits per heavy atom. The zero-order valence-corrected chi connectivity index (χ0v) is 16.3. The van der Waals surface area contributed by atoms with E-state index >= 15 is 0 Å². The fraction of sp³-hybridized carbons (Fsp3) is 0.619. The minimum absolute atomic E-state index is 0.283. The molecule has 0 saturated heterocycles. The van der Waals surface area contributed by atoms with Crippen LogP contribution >= 0.6 is 0 Å². The standard InChI is InChI=1S/C21H27F6N/c1-3-4-5-6-7-8-9-12-28(2)19-14-18(21(25,26)27)17-13-15(20(22,23)24)10-11-16(17)19/h10-11,13-14,19H,3-9,12H2,1-2H3. The summed E-state index contributed by atoms with van der Waals surface area (Å²) in [7, 11) is 1.72. The van der Waals surface area contributed by atoms with Gasteiger partial charge in [-0.15, -0.1) is 0 Å². The molecule has 1 aliphatic carbocycles. The average molecular weight is 407 g/mol. The second-order valence-corrected chi connectivity index (χ2v) is 7.42. The number of allylic oxidation sites excluding steroid dienone is 1. The molecule has 1 aromatic carbocycles. The highest BCUT2D eigenvalue weighted by molar-refractivity contribution is 5.78. The van der Waals surface area contributed by atoms with Crippen molar-refractivity contribution in [3.8, 4) is 0 Å². The lowest BCUT2D eigenvalue weighted by molar-refractivity contribution is -0.137. The first kappa shape index (κ1) is 22.8. The SMILES string of the molecule is CCCCCCCCCN(C)C1C=C(C(F)(F)F)c2cc(C(F)(F)F)ccc21. The number of hydrogen-bond donors (Lipinski definition) is 0. The lowest BCUT2D eigenvalue weighted by Crippen LogP contribution is -2.23. The van der Waals surface area contributed by atoms with Gasteiger partial charge >= 0.3 is 12.4 Å². The number of rotatable bonds is 9. The van der Waals surface area contributed by atoms with Gasteiger partial charge in [-0.25, -0.2) is 0 Å². The summed E-state index contributed by atoms with van der Waals surface area (Å²) in [6.07, 6.45) is -0.636. The third kappa shape index (κ3) is 5.75. The average Bonchev–Trinajstić information content (AvgIpc) is 2.99. The normalized spacial score (nSPS) is 17.2. The first-order valence-electron chi connectivity index (χ1n) is 9.76. The van der Waals surface area contributed by atoms with Crippen molar-refractivity contribution in [2.45, 2.75) is 70.3 Å². The van der Waals surface area contributed by atoms with Crippen molar-refractivity contribution >= 4 is 5.57 Å². The van der Waals surface area contributed by atoms with Gasteiger partial charge in [0, 0.05) is 0 Å². The third-order valence-corrected chi connectivity index (χ3v) is 5.21. The quantitative estimate of drug-likeness (QED) is 0.305. The van der Waals surface area contributed by atoms with E-state index in [1.54, 1.807) is 11.9 Å². The maximum Gasteiger partial charge on any atom is 0.416 e. The zero-order chi connectivity index (χ0) is 20.9. The van der Waals surface area contributed by atoms with E-state index in [1.165, 1.54) is 25.3 Å². The van der Waals surface area contributed by atoms with E-state index in [0.29, 0.717) is 12.6 Å². The molecule has 0 heterocycles. The molecule has 1 aliphatic rings. The molecule has 1 unspecified atom stereocenters. The Labute approximate surface area is 162 Å². The summed E-state index contributed by atoms with van der Waals surface area (Å²) in [6, 6.07) is 2.00. The van der Waals surface area contributed by atoms with Gasteiger partial charge < -0.3 is 0 Å². The highest BCUT2D eigenvalue weighted by atomic mass is 19.4. The molecule has 0 bridgehead atoms. The fourth-order valence-electron chi connectivity index (χ4n) is 3.63. The molecular formula is C21H27F6N. The van der Waals surface area contributed by atoms with Crippen LogP contribution in [0, 0.1) is 0 Å². The Morgan fingerprint density at radius 1 is 0.857 bits per heavy atom. The third-order valence-electron chi connectivity index (χ3n) is 5.21. The Morgan fingerprint density at radius 2 is 1.46 bits per heavy atom. The Hall–Kier alpha value is -1.50. The van der Waals surface area contributed by atoms with Crippen LogP contribution in [0.5, 0.6) is 0 Å². The maximum atomic E-state index is 13.4. The van der Waals surface area contributed by atoms with E-state index in [0.717, 1.165) is 37.8 Å². The van der Waals surface area contributed by atoms with Crippen LogP contribution in [-0.2, 0) is 6.18 Å². The van der Waals surface area contributed by atoms with Crippen LogP contribution in [0.2, 0.25) is 0 Å². The van der Waals surface area contributed by atoms with Crippen molar-refractivity contribution in [3.63, 3.8) is 0 Å². The van der Waals surface area contributed by atoms with Crippen LogP contribution in [0.15, 0.2) is 24.3 Å². The predicted molar refractivity (Wildman–Crippen MR) is 98.8 cm³/mol.